The monoisotopic (exact) mass is 1190 g/mol. The number of ether oxygens (including phenoxy) is 13. The Bertz CT molecular complexity index is 1940. The summed E-state index contributed by atoms with van der Waals surface area (Å²) in [5, 5.41) is 239. The van der Waals surface area contributed by atoms with Crippen LogP contribution < -0.4 is 5.32 Å². The molecule has 0 saturated carbocycles. The van der Waals surface area contributed by atoms with E-state index in [1.165, 1.54) is 0 Å². The SMILES string of the molecule is CC(=O)N[C@H]1C(O)O[C@H](CO)[C@@H](O[C@@H]2O[C@H](CO[C@H]3O[C@H](CO)[C@@H](O)[C@H](O[C@H]4O[C@H](CO)[C@@H](O)[C@H](O)[C@@H]4O[C@H]4O[C@H](CO)[C@@H](O)[C@H](O)[C@@H]4O)[C@@H]3O)[C@@H](O)[C@H](O[C@H]3O[C@H](CO)[C@@H](O)[C@H](O)[C@@H]3O[C@H]3O[C@H](CO)[C@@H](O)[C@H](O)[C@@H]3O)[C@@H]2O)[C@@H]1O. The van der Waals surface area contributed by atoms with Crippen LogP contribution in [0.2, 0.25) is 0 Å². The Kier molecular flexibility index (Phi) is 23.6. The molecule has 7 fully saturated rings. The average Bonchev–Trinajstić information content (AvgIpc) is 3.56. The Balaban J connectivity index is 1.17. The Morgan fingerprint density at radius 1 is 0.321 bits per heavy atom. The fraction of sp³-hybridized carbons (Fsp3) is 0.977. The first-order valence-corrected chi connectivity index (χ1v) is 25.6. The van der Waals surface area contributed by atoms with Gasteiger partial charge in [-0.3, -0.25) is 4.79 Å². The molecule has 7 heterocycles. The van der Waals surface area contributed by atoms with Crippen LogP contribution in [0, 0.1) is 0 Å². The van der Waals surface area contributed by atoms with Crippen LogP contribution >= 0.6 is 0 Å². The summed E-state index contributed by atoms with van der Waals surface area (Å²) < 4.78 is 74.0. The molecule has 0 bridgehead atoms. The molecule has 0 radical (unpaired) electrons. The van der Waals surface area contributed by atoms with Crippen molar-refractivity contribution < 1.29 is 179 Å². The van der Waals surface area contributed by atoms with Crippen molar-refractivity contribution in [3.63, 3.8) is 0 Å². The maximum Gasteiger partial charge on any atom is 0.217 e. The number of amides is 1. The first-order chi connectivity index (χ1) is 38.3. The largest absolute Gasteiger partial charge is 0.394 e. The molecule has 0 aromatic carbocycles. The summed E-state index contributed by atoms with van der Waals surface area (Å²) in [6.45, 7) is -6.04. The van der Waals surface area contributed by atoms with Crippen molar-refractivity contribution >= 4 is 5.91 Å². The predicted octanol–water partition coefficient (Wildman–Crippen LogP) is -16.1. The minimum Gasteiger partial charge on any atom is -0.394 e. The second-order valence-electron chi connectivity index (χ2n) is 20.3. The van der Waals surface area contributed by atoms with Gasteiger partial charge in [-0.1, -0.05) is 0 Å². The van der Waals surface area contributed by atoms with E-state index in [0.29, 0.717) is 0 Å². The highest BCUT2D eigenvalue weighted by molar-refractivity contribution is 5.73. The zero-order valence-corrected chi connectivity index (χ0v) is 42.7. The van der Waals surface area contributed by atoms with E-state index >= 15 is 0 Å². The Morgan fingerprint density at radius 3 is 1.06 bits per heavy atom. The lowest BCUT2D eigenvalue weighted by molar-refractivity contribution is -0.399. The van der Waals surface area contributed by atoms with Crippen LogP contribution in [0.4, 0.5) is 0 Å². The number of rotatable bonds is 20. The van der Waals surface area contributed by atoms with Gasteiger partial charge in [0.1, 0.15) is 171 Å². The van der Waals surface area contributed by atoms with Crippen molar-refractivity contribution in [3.8, 4) is 0 Å². The molecule has 37 nitrogen and oxygen atoms in total. The number of hydrogen-bond donors (Lipinski definition) is 23. The molecule has 7 aliphatic rings. The Morgan fingerprint density at radius 2 is 0.642 bits per heavy atom. The van der Waals surface area contributed by atoms with Gasteiger partial charge in [0.25, 0.3) is 0 Å². The molecular formula is C44H75NO36. The molecule has 7 rings (SSSR count). The van der Waals surface area contributed by atoms with Crippen molar-refractivity contribution in [2.45, 2.75) is 222 Å². The normalized spacial score (nSPS) is 51.9. The van der Waals surface area contributed by atoms with Crippen LogP contribution in [0.15, 0.2) is 0 Å². The zero-order chi connectivity index (χ0) is 59.6. The van der Waals surface area contributed by atoms with Crippen molar-refractivity contribution in [2.75, 3.05) is 46.2 Å². The van der Waals surface area contributed by atoms with Gasteiger partial charge in [-0.2, -0.15) is 0 Å². The minimum atomic E-state index is -2.35. The lowest BCUT2D eigenvalue weighted by Gasteiger charge is -2.50. The van der Waals surface area contributed by atoms with Crippen molar-refractivity contribution in [3.05, 3.63) is 0 Å². The number of aliphatic hydroxyl groups excluding tert-OH is 22. The first kappa shape index (κ1) is 66.6. The Hall–Kier alpha value is -1.93. The van der Waals surface area contributed by atoms with Crippen LogP contribution in [-0.4, -0.2) is 379 Å². The van der Waals surface area contributed by atoms with Gasteiger partial charge in [0, 0.05) is 6.92 Å². The summed E-state index contributed by atoms with van der Waals surface area (Å²) in [4.78, 5) is 12.1. The summed E-state index contributed by atoms with van der Waals surface area (Å²) in [7, 11) is 0. The zero-order valence-electron chi connectivity index (χ0n) is 42.7. The second kappa shape index (κ2) is 28.7. The summed E-state index contributed by atoms with van der Waals surface area (Å²) in [6, 6.07) is -1.67. The molecule has 7 aliphatic heterocycles. The topological polar surface area (TPSA) is 594 Å². The molecule has 23 N–H and O–H groups in total. The van der Waals surface area contributed by atoms with Crippen LogP contribution in [-0.2, 0) is 66.4 Å². The maximum atomic E-state index is 12.1. The van der Waals surface area contributed by atoms with Gasteiger partial charge in [0.05, 0.1) is 46.2 Å². The van der Waals surface area contributed by atoms with Gasteiger partial charge in [0.2, 0.25) is 5.91 Å². The number of carbonyl (C=O) groups excluding carboxylic acids is 1. The average molecular weight is 1190 g/mol. The van der Waals surface area contributed by atoms with Crippen molar-refractivity contribution in [1.29, 1.82) is 0 Å². The molecule has 0 aromatic heterocycles. The third-order valence-corrected chi connectivity index (χ3v) is 14.9. The molecule has 1 amide bonds. The Labute approximate surface area is 457 Å². The van der Waals surface area contributed by atoms with Gasteiger partial charge in [-0.15, -0.1) is 0 Å². The molecule has 35 atom stereocenters. The molecule has 1 unspecified atom stereocenters. The molecule has 0 spiro atoms. The highest BCUT2D eigenvalue weighted by atomic mass is 16.8. The molecule has 472 valence electrons. The minimum absolute atomic E-state index is 0.791. The third-order valence-electron chi connectivity index (χ3n) is 14.9. The van der Waals surface area contributed by atoms with E-state index in [-0.39, 0.29) is 0 Å². The first-order valence-electron chi connectivity index (χ1n) is 25.6. The molecule has 0 aromatic rings. The number of carbonyl (C=O) groups is 1. The van der Waals surface area contributed by atoms with Crippen molar-refractivity contribution in [2.24, 2.45) is 0 Å². The van der Waals surface area contributed by atoms with E-state index in [1.807, 2.05) is 0 Å². The highest BCUT2D eigenvalue weighted by Crippen LogP contribution is 2.37. The summed E-state index contributed by atoms with van der Waals surface area (Å²) in [5.41, 5.74) is 0. The van der Waals surface area contributed by atoms with E-state index in [0.717, 1.165) is 6.92 Å². The summed E-state index contributed by atoms with van der Waals surface area (Å²) in [6.07, 6.45) is -68.4. The second-order valence-corrected chi connectivity index (χ2v) is 20.3. The standard InChI is InChI=1S/C44H75NO36/c1-9(52)45-17-24(59)33(15(7-51)70-38(17)68)77-42-32(67)35(79-44-37(28(63)21(56)13(5-49)75-44)81-41-30(65)26(61)19(54)11(3-47)73-41)23(58)16(76-42)8-69-39-31(66)34(22(57)14(6-50)71-39)78-43-36(27(62)20(55)12(4-48)74-43)80-40-29(64)25(60)18(53)10(2-46)72-40/h10-44,46-51,53-68H,2-8H2,1H3,(H,45,52)/t10-,11-,12-,13-,14-,15-,16-,17-,18-,19-,20-,21-,22-,23-,24-,25+,26+,27+,28+,29+,30+,31+,32+,33-,34+,35+,36+,37+,38?,39+,40-,41-,42+,43-,44-/m1/s1. The highest BCUT2D eigenvalue weighted by Gasteiger charge is 2.58. The van der Waals surface area contributed by atoms with E-state index in [4.69, 9.17) is 61.6 Å². The fourth-order valence-corrected chi connectivity index (χ4v) is 10.3. The number of aliphatic hydroxyl groups is 22. The molecule has 7 saturated heterocycles. The van der Waals surface area contributed by atoms with Gasteiger partial charge < -0.3 is 179 Å². The van der Waals surface area contributed by atoms with Crippen LogP contribution in [0.25, 0.3) is 0 Å². The van der Waals surface area contributed by atoms with Crippen LogP contribution in [0.1, 0.15) is 6.92 Å². The van der Waals surface area contributed by atoms with Gasteiger partial charge >= 0.3 is 0 Å². The summed E-state index contributed by atoms with van der Waals surface area (Å²) >= 11 is 0. The smallest absolute Gasteiger partial charge is 0.217 e. The van der Waals surface area contributed by atoms with E-state index in [1.54, 1.807) is 0 Å². The summed E-state index contributed by atoms with van der Waals surface area (Å²) in [5.74, 6) is -0.791. The lowest BCUT2D eigenvalue weighted by atomic mass is 9.95. The predicted molar refractivity (Wildman–Crippen MR) is 243 cm³/mol. The van der Waals surface area contributed by atoms with Crippen LogP contribution in [0.5, 0.6) is 0 Å². The van der Waals surface area contributed by atoms with E-state index in [2.05, 4.69) is 5.32 Å². The van der Waals surface area contributed by atoms with Crippen LogP contribution in [0.3, 0.4) is 0 Å². The van der Waals surface area contributed by atoms with Crippen molar-refractivity contribution in [1.82, 2.24) is 5.32 Å². The van der Waals surface area contributed by atoms with Gasteiger partial charge in [-0.25, -0.2) is 0 Å². The van der Waals surface area contributed by atoms with E-state index < -0.39 is 267 Å². The number of hydrogen-bond acceptors (Lipinski definition) is 36. The third kappa shape index (κ3) is 14.1. The molecular weight excluding hydrogens is 1120 g/mol. The van der Waals surface area contributed by atoms with E-state index in [9.17, 15) is 117 Å². The molecule has 0 aliphatic carbocycles. The maximum absolute atomic E-state index is 12.1. The van der Waals surface area contributed by atoms with Gasteiger partial charge in [0.15, 0.2) is 44.0 Å². The molecule has 37 heteroatoms. The lowest BCUT2D eigenvalue weighted by Crippen LogP contribution is -2.69. The molecule has 81 heavy (non-hydrogen) atoms. The quantitative estimate of drug-likeness (QED) is 0.0538. The fourth-order valence-electron chi connectivity index (χ4n) is 10.3. The number of nitrogens with one attached hydrogen (secondary N) is 1. The van der Waals surface area contributed by atoms with Gasteiger partial charge in [-0.05, 0) is 0 Å².